The molecule has 33 heavy (non-hydrogen) atoms. The van der Waals surface area contributed by atoms with Gasteiger partial charge < -0.3 is 15.2 Å². The topological polar surface area (TPSA) is 80.6 Å². The number of hydrogen-bond acceptors (Lipinski definition) is 4. The van der Waals surface area contributed by atoms with E-state index in [4.69, 9.17) is 4.74 Å². The average Bonchev–Trinajstić information content (AvgIpc) is 2.79. The Kier molecular flexibility index (Phi) is 6.92. The minimum Gasteiger partial charge on any atom is -0.497 e. The van der Waals surface area contributed by atoms with E-state index < -0.39 is 41.4 Å². The number of carbonyl (C=O) groups is 1. The molecular formula is C24H23F3N2O4. The quantitative estimate of drug-likeness (QED) is 0.562. The fraction of sp³-hybridized carbons (Fsp3) is 0.250. The molecule has 2 N–H and O–H groups in total. The number of aliphatic hydroxyl groups excluding tert-OH is 1. The maximum absolute atomic E-state index is 14.9. The summed E-state index contributed by atoms with van der Waals surface area (Å²) in [6.07, 6.45) is 1.17. The van der Waals surface area contributed by atoms with Crippen molar-refractivity contribution in [3.8, 4) is 11.4 Å². The van der Waals surface area contributed by atoms with Crippen LogP contribution in [0.1, 0.15) is 41.4 Å². The molecule has 3 rings (SSSR count). The molecule has 0 saturated carbocycles. The molecule has 1 aromatic heterocycles. The molecule has 0 aliphatic heterocycles. The van der Waals surface area contributed by atoms with E-state index in [1.165, 1.54) is 56.6 Å². The standard InChI is InChI=1S/C24H23F3N2O4/c1-14(17-5-4-6-18(22(17)26)24(2,27)13-30)28-23(32)15-7-10-21(31)29(12-15)20-11-16(33-3)8-9-19(20)25/h4-12,14,30H,13H2,1-3H3,(H,28,32)/t14-,24?/m1/s1. The predicted octanol–water partition coefficient (Wildman–Crippen LogP) is 3.79. The number of rotatable bonds is 7. The van der Waals surface area contributed by atoms with Crippen LogP contribution < -0.4 is 15.6 Å². The van der Waals surface area contributed by atoms with Crippen LogP contribution in [0.25, 0.3) is 5.69 Å². The van der Waals surface area contributed by atoms with Crippen LogP contribution in [0.4, 0.5) is 13.2 Å². The number of amides is 1. The van der Waals surface area contributed by atoms with Crippen molar-refractivity contribution in [2.24, 2.45) is 0 Å². The summed E-state index contributed by atoms with van der Waals surface area (Å²) in [5.74, 6) is -1.91. The summed E-state index contributed by atoms with van der Waals surface area (Å²) in [7, 11) is 1.39. The number of carbonyl (C=O) groups excluding carboxylic acids is 1. The smallest absolute Gasteiger partial charge is 0.255 e. The summed E-state index contributed by atoms with van der Waals surface area (Å²) >= 11 is 0. The number of aromatic nitrogens is 1. The number of benzene rings is 2. The SMILES string of the molecule is COc1ccc(F)c(-n2cc(C(=O)N[C@H](C)c3cccc(C(C)(F)CO)c3F)ccc2=O)c1. The molecule has 6 nitrogen and oxygen atoms in total. The molecule has 1 unspecified atom stereocenters. The number of nitrogens with zero attached hydrogens (tertiary/aromatic N) is 1. The second-order valence-electron chi connectivity index (χ2n) is 7.70. The molecule has 2 atom stereocenters. The van der Waals surface area contributed by atoms with Gasteiger partial charge in [0.2, 0.25) is 0 Å². The van der Waals surface area contributed by atoms with Crippen LogP contribution in [-0.2, 0) is 5.67 Å². The van der Waals surface area contributed by atoms with Crippen LogP contribution in [0.5, 0.6) is 5.75 Å². The van der Waals surface area contributed by atoms with E-state index in [9.17, 15) is 27.9 Å². The van der Waals surface area contributed by atoms with E-state index in [0.29, 0.717) is 5.75 Å². The predicted molar refractivity (Wildman–Crippen MR) is 116 cm³/mol. The number of methoxy groups -OCH3 is 1. The normalized spacial score (nSPS) is 13.8. The summed E-state index contributed by atoms with van der Waals surface area (Å²) in [6, 6.07) is 9.38. The van der Waals surface area contributed by atoms with Crippen LogP contribution >= 0.6 is 0 Å². The fourth-order valence-electron chi connectivity index (χ4n) is 3.34. The zero-order valence-electron chi connectivity index (χ0n) is 18.2. The molecule has 0 saturated heterocycles. The van der Waals surface area contributed by atoms with Crippen LogP contribution in [0.2, 0.25) is 0 Å². The third-order valence-corrected chi connectivity index (χ3v) is 5.29. The number of aliphatic hydroxyl groups is 1. The Morgan fingerprint density at radius 1 is 1.21 bits per heavy atom. The third-order valence-electron chi connectivity index (χ3n) is 5.29. The molecule has 0 aliphatic carbocycles. The number of halogens is 3. The molecule has 0 bridgehead atoms. The first-order valence-electron chi connectivity index (χ1n) is 10.0. The molecule has 0 spiro atoms. The van der Waals surface area contributed by atoms with Crippen molar-refractivity contribution < 1.29 is 27.8 Å². The highest BCUT2D eigenvalue weighted by molar-refractivity contribution is 5.94. The Labute approximate surface area is 188 Å². The number of hydrogen-bond donors (Lipinski definition) is 2. The molecule has 1 amide bonds. The Balaban J connectivity index is 1.92. The lowest BCUT2D eigenvalue weighted by molar-refractivity contribution is 0.0829. The summed E-state index contributed by atoms with van der Waals surface area (Å²) in [5.41, 5.74) is -3.26. The zero-order valence-corrected chi connectivity index (χ0v) is 18.2. The van der Waals surface area contributed by atoms with Crippen molar-refractivity contribution in [1.29, 1.82) is 0 Å². The summed E-state index contributed by atoms with van der Waals surface area (Å²) in [5, 5.41) is 11.8. The molecular weight excluding hydrogens is 437 g/mol. The first-order chi connectivity index (χ1) is 15.6. The van der Waals surface area contributed by atoms with Gasteiger partial charge in [0.05, 0.1) is 31.0 Å². The molecule has 0 aliphatic rings. The van der Waals surface area contributed by atoms with Crippen LogP contribution in [0.15, 0.2) is 59.5 Å². The molecule has 2 aromatic carbocycles. The lowest BCUT2D eigenvalue weighted by Crippen LogP contribution is -2.30. The Morgan fingerprint density at radius 3 is 2.61 bits per heavy atom. The van der Waals surface area contributed by atoms with Gasteiger partial charge in [-0.05, 0) is 32.0 Å². The van der Waals surface area contributed by atoms with Gasteiger partial charge in [0.25, 0.3) is 11.5 Å². The van der Waals surface area contributed by atoms with Crippen molar-refractivity contribution in [3.63, 3.8) is 0 Å². The van der Waals surface area contributed by atoms with E-state index in [1.807, 2.05) is 0 Å². The van der Waals surface area contributed by atoms with Gasteiger partial charge in [-0.3, -0.25) is 14.2 Å². The maximum atomic E-state index is 14.9. The monoisotopic (exact) mass is 460 g/mol. The first kappa shape index (κ1) is 24.1. The van der Waals surface area contributed by atoms with E-state index in [0.717, 1.165) is 23.6 Å². The maximum Gasteiger partial charge on any atom is 0.255 e. The third kappa shape index (κ3) is 4.93. The first-order valence-corrected chi connectivity index (χ1v) is 10.0. The van der Waals surface area contributed by atoms with E-state index >= 15 is 0 Å². The van der Waals surface area contributed by atoms with Gasteiger partial charge in [0.1, 0.15) is 17.4 Å². The van der Waals surface area contributed by atoms with Crippen molar-refractivity contribution in [2.45, 2.75) is 25.6 Å². The second kappa shape index (κ2) is 9.50. The molecule has 3 aromatic rings. The Hall–Kier alpha value is -3.59. The van der Waals surface area contributed by atoms with Gasteiger partial charge in [-0.1, -0.05) is 18.2 Å². The van der Waals surface area contributed by atoms with Crippen LogP contribution in [0, 0.1) is 11.6 Å². The molecule has 1 heterocycles. The lowest BCUT2D eigenvalue weighted by atomic mass is 9.94. The summed E-state index contributed by atoms with van der Waals surface area (Å²) < 4.78 is 49.7. The van der Waals surface area contributed by atoms with E-state index in [2.05, 4.69) is 5.32 Å². The van der Waals surface area contributed by atoms with Gasteiger partial charge in [0, 0.05) is 29.5 Å². The van der Waals surface area contributed by atoms with Gasteiger partial charge in [0.15, 0.2) is 5.67 Å². The summed E-state index contributed by atoms with van der Waals surface area (Å²) in [6.45, 7) is 1.65. The molecule has 174 valence electrons. The van der Waals surface area contributed by atoms with E-state index in [1.54, 1.807) is 0 Å². The van der Waals surface area contributed by atoms with Gasteiger partial charge in [-0.15, -0.1) is 0 Å². The average molecular weight is 460 g/mol. The van der Waals surface area contributed by atoms with Crippen LogP contribution in [-0.4, -0.2) is 29.3 Å². The molecule has 9 heteroatoms. The lowest BCUT2D eigenvalue weighted by Gasteiger charge is -2.22. The van der Waals surface area contributed by atoms with Crippen LogP contribution in [0.3, 0.4) is 0 Å². The van der Waals surface area contributed by atoms with Gasteiger partial charge in [-0.25, -0.2) is 13.2 Å². The van der Waals surface area contributed by atoms with Crippen molar-refractivity contribution >= 4 is 5.91 Å². The Bertz CT molecular complexity index is 1240. The molecule has 0 radical (unpaired) electrons. The Morgan fingerprint density at radius 2 is 1.94 bits per heavy atom. The van der Waals surface area contributed by atoms with Gasteiger partial charge >= 0.3 is 0 Å². The van der Waals surface area contributed by atoms with Gasteiger partial charge in [-0.2, -0.15) is 0 Å². The number of alkyl halides is 1. The number of nitrogens with one attached hydrogen (secondary N) is 1. The minimum absolute atomic E-state index is 0.0188. The zero-order chi connectivity index (χ0) is 24.3. The van der Waals surface area contributed by atoms with Crippen molar-refractivity contribution in [2.75, 3.05) is 13.7 Å². The van der Waals surface area contributed by atoms with Crippen molar-refractivity contribution in [1.82, 2.24) is 9.88 Å². The minimum atomic E-state index is -2.29. The number of ether oxygens (including phenoxy) is 1. The highest BCUT2D eigenvalue weighted by atomic mass is 19.1. The fourth-order valence-corrected chi connectivity index (χ4v) is 3.34. The van der Waals surface area contributed by atoms with Crippen molar-refractivity contribution in [3.05, 3.63) is 93.4 Å². The highest BCUT2D eigenvalue weighted by Crippen LogP contribution is 2.31. The second-order valence-corrected chi connectivity index (χ2v) is 7.70. The highest BCUT2D eigenvalue weighted by Gasteiger charge is 2.30. The molecule has 0 fully saturated rings. The largest absolute Gasteiger partial charge is 0.497 e. The van der Waals surface area contributed by atoms with E-state index in [-0.39, 0.29) is 22.4 Å². The number of pyridine rings is 1. The summed E-state index contributed by atoms with van der Waals surface area (Å²) in [4.78, 5) is 25.1.